The molecule has 0 aliphatic carbocycles. The van der Waals surface area contributed by atoms with Gasteiger partial charge in [-0.2, -0.15) is 0 Å². The first kappa shape index (κ1) is 14.4. The second-order valence-electron chi connectivity index (χ2n) is 5.21. The normalized spacial score (nSPS) is 12.7. The Bertz CT molecular complexity index is 746. The molecule has 108 valence electrons. The first-order valence-electron chi connectivity index (χ1n) is 7.17. The summed E-state index contributed by atoms with van der Waals surface area (Å²) in [6.07, 6.45) is 0. The molecule has 1 unspecified atom stereocenters. The van der Waals surface area contributed by atoms with Gasteiger partial charge in [0.25, 0.3) is 0 Å². The Kier molecular flexibility index (Phi) is 4.13. The molecule has 2 nitrogen and oxygen atoms in total. The molecule has 1 atom stereocenters. The summed E-state index contributed by atoms with van der Waals surface area (Å²) in [6, 6.07) is 16.9. The van der Waals surface area contributed by atoms with E-state index < -0.39 is 0 Å². The molecule has 0 fully saturated rings. The van der Waals surface area contributed by atoms with Crippen molar-refractivity contribution in [3.8, 4) is 0 Å². The highest BCUT2D eigenvalue weighted by atomic mass is 79.9. The number of hydrogen-bond donors (Lipinski definition) is 1. The molecule has 1 N–H and O–H groups in total. The van der Waals surface area contributed by atoms with Crippen molar-refractivity contribution in [3.63, 3.8) is 0 Å². The van der Waals surface area contributed by atoms with Crippen molar-refractivity contribution in [2.24, 2.45) is 0 Å². The molecule has 0 aliphatic heterocycles. The van der Waals surface area contributed by atoms with Crippen LogP contribution in [-0.4, -0.2) is 6.54 Å². The molecular formula is C18H18BrNO. The van der Waals surface area contributed by atoms with Crippen LogP contribution < -0.4 is 5.32 Å². The van der Waals surface area contributed by atoms with Crippen molar-refractivity contribution in [3.05, 3.63) is 69.9 Å². The van der Waals surface area contributed by atoms with Crippen molar-refractivity contribution in [2.75, 3.05) is 6.54 Å². The van der Waals surface area contributed by atoms with Crippen LogP contribution in [-0.2, 0) is 0 Å². The summed E-state index contributed by atoms with van der Waals surface area (Å²) in [5.41, 5.74) is 3.39. The Morgan fingerprint density at radius 1 is 1.14 bits per heavy atom. The van der Waals surface area contributed by atoms with Crippen molar-refractivity contribution < 1.29 is 4.42 Å². The molecule has 1 heterocycles. The number of nitrogens with one attached hydrogen (secondary N) is 1. The number of fused-ring (bicyclic) bond motifs is 1. The largest absolute Gasteiger partial charge is 0.458 e. The van der Waals surface area contributed by atoms with E-state index in [1.807, 2.05) is 12.1 Å². The van der Waals surface area contributed by atoms with Gasteiger partial charge in [0.1, 0.15) is 11.3 Å². The Balaban J connectivity index is 2.06. The SMILES string of the molecule is CCNC(c1ccc(C)cc1)c1cc2cccc(Br)c2o1. The first-order valence-corrected chi connectivity index (χ1v) is 7.96. The average molecular weight is 344 g/mol. The van der Waals surface area contributed by atoms with Gasteiger partial charge in [-0.1, -0.05) is 48.9 Å². The van der Waals surface area contributed by atoms with Crippen molar-refractivity contribution in [1.29, 1.82) is 0 Å². The molecule has 1 aromatic heterocycles. The summed E-state index contributed by atoms with van der Waals surface area (Å²) in [4.78, 5) is 0. The maximum absolute atomic E-state index is 6.09. The summed E-state index contributed by atoms with van der Waals surface area (Å²) in [6.45, 7) is 5.10. The zero-order valence-electron chi connectivity index (χ0n) is 12.2. The molecule has 21 heavy (non-hydrogen) atoms. The minimum absolute atomic E-state index is 0.0786. The minimum Gasteiger partial charge on any atom is -0.458 e. The van der Waals surface area contributed by atoms with Crippen molar-refractivity contribution in [2.45, 2.75) is 19.9 Å². The highest BCUT2D eigenvalue weighted by Crippen LogP contribution is 2.32. The molecule has 3 rings (SSSR count). The molecule has 0 saturated heterocycles. The van der Waals surface area contributed by atoms with Crippen LogP contribution >= 0.6 is 15.9 Å². The van der Waals surface area contributed by atoms with Crippen LogP contribution in [0.4, 0.5) is 0 Å². The summed E-state index contributed by atoms with van der Waals surface area (Å²) in [5, 5.41) is 4.63. The van der Waals surface area contributed by atoms with Gasteiger partial charge in [0.15, 0.2) is 0 Å². The molecular weight excluding hydrogens is 326 g/mol. The number of para-hydroxylation sites is 1. The van der Waals surface area contributed by atoms with Gasteiger partial charge in [-0.05, 0) is 47.1 Å². The standard InChI is InChI=1S/C18H18BrNO/c1-3-20-17(13-9-7-12(2)8-10-13)16-11-14-5-4-6-15(19)18(14)21-16/h4-11,17,20H,3H2,1-2H3. The lowest BCUT2D eigenvalue weighted by molar-refractivity contribution is 0.476. The fraction of sp³-hybridized carbons (Fsp3) is 0.222. The summed E-state index contributed by atoms with van der Waals surface area (Å²) in [5.74, 6) is 0.947. The van der Waals surface area contributed by atoms with E-state index in [0.29, 0.717) is 0 Å². The maximum Gasteiger partial charge on any atom is 0.148 e. The lowest BCUT2D eigenvalue weighted by atomic mass is 10.0. The van der Waals surface area contributed by atoms with Gasteiger partial charge >= 0.3 is 0 Å². The number of furan rings is 1. The monoisotopic (exact) mass is 343 g/mol. The minimum atomic E-state index is 0.0786. The molecule has 0 saturated carbocycles. The van der Waals surface area contributed by atoms with Crippen LogP contribution in [0.1, 0.15) is 29.9 Å². The lowest BCUT2D eigenvalue weighted by Crippen LogP contribution is -2.21. The van der Waals surface area contributed by atoms with E-state index >= 15 is 0 Å². The van der Waals surface area contributed by atoms with E-state index in [4.69, 9.17) is 4.42 Å². The maximum atomic E-state index is 6.09. The van der Waals surface area contributed by atoms with Gasteiger partial charge in [0.2, 0.25) is 0 Å². The van der Waals surface area contributed by atoms with Crippen molar-refractivity contribution in [1.82, 2.24) is 5.32 Å². The topological polar surface area (TPSA) is 25.2 Å². The third kappa shape index (κ3) is 2.89. The van der Waals surface area contributed by atoms with Gasteiger partial charge in [-0.3, -0.25) is 0 Å². The zero-order valence-corrected chi connectivity index (χ0v) is 13.8. The molecule has 0 bridgehead atoms. The molecule has 0 aliphatic rings. The Morgan fingerprint density at radius 2 is 1.90 bits per heavy atom. The van der Waals surface area contributed by atoms with Gasteiger partial charge in [-0.15, -0.1) is 0 Å². The first-order chi connectivity index (χ1) is 10.2. The number of rotatable bonds is 4. The summed E-state index contributed by atoms with van der Waals surface area (Å²) >= 11 is 3.55. The van der Waals surface area contributed by atoms with E-state index in [2.05, 4.69) is 71.5 Å². The van der Waals surface area contributed by atoms with Crippen LogP contribution in [0.15, 0.2) is 57.4 Å². The fourth-order valence-electron chi connectivity index (χ4n) is 2.54. The van der Waals surface area contributed by atoms with Gasteiger partial charge in [0.05, 0.1) is 10.5 Å². The summed E-state index contributed by atoms with van der Waals surface area (Å²) < 4.78 is 7.08. The average Bonchev–Trinajstić information content (AvgIpc) is 2.91. The van der Waals surface area contributed by atoms with Gasteiger partial charge < -0.3 is 9.73 Å². The lowest BCUT2D eigenvalue weighted by Gasteiger charge is -2.16. The predicted molar refractivity (Wildman–Crippen MR) is 90.6 cm³/mol. The molecule has 0 amide bonds. The van der Waals surface area contributed by atoms with Gasteiger partial charge in [0, 0.05) is 5.39 Å². The third-order valence-corrected chi connectivity index (χ3v) is 4.24. The molecule has 2 aromatic carbocycles. The van der Waals surface area contributed by atoms with Crippen LogP contribution in [0.25, 0.3) is 11.0 Å². The van der Waals surface area contributed by atoms with E-state index in [1.165, 1.54) is 11.1 Å². The molecule has 3 aromatic rings. The Morgan fingerprint density at radius 3 is 2.57 bits per heavy atom. The van der Waals surface area contributed by atoms with Crippen LogP contribution in [0.2, 0.25) is 0 Å². The van der Waals surface area contributed by atoms with E-state index in [0.717, 1.165) is 27.7 Å². The number of halogens is 1. The smallest absolute Gasteiger partial charge is 0.148 e. The predicted octanol–water partition coefficient (Wildman–Crippen LogP) is 5.20. The number of aryl methyl sites for hydroxylation is 1. The van der Waals surface area contributed by atoms with Crippen LogP contribution in [0, 0.1) is 6.92 Å². The summed E-state index contributed by atoms with van der Waals surface area (Å²) in [7, 11) is 0. The van der Waals surface area contributed by atoms with Crippen LogP contribution in [0.3, 0.4) is 0 Å². The third-order valence-electron chi connectivity index (χ3n) is 3.62. The van der Waals surface area contributed by atoms with E-state index in [1.54, 1.807) is 0 Å². The molecule has 3 heteroatoms. The Labute approximate surface area is 133 Å². The number of benzene rings is 2. The van der Waals surface area contributed by atoms with E-state index in [-0.39, 0.29) is 6.04 Å². The van der Waals surface area contributed by atoms with Crippen molar-refractivity contribution >= 4 is 26.9 Å². The Hall–Kier alpha value is -1.58. The zero-order chi connectivity index (χ0) is 14.8. The molecule has 0 spiro atoms. The van der Waals surface area contributed by atoms with Crippen LogP contribution in [0.5, 0.6) is 0 Å². The van der Waals surface area contributed by atoms with E-state index in [9.17, 15) is 0 Å². The molecule has 0 radical (unpaired) electrons. The highest BCUT2D eigenvalue weighted by molar-refractivity contribution is 9.10. The highest BCUT2D eigenvalue weighted by Gasteiger charge is 2.18. The second kappa shape index (κ2) is 6.04. The fourth-order valence-corrected chi connectivity index (χ4v) is 3.00. The van der Waals surface area contributed by atoms with Gasteiger partial charge in [-0.25, -0.2) is 0 Å². The number of hydrogen-bond acceptors (Lipinski definition) is 2. The second-order valence-corrected chi connectivity index (χ2v) is 6.06. The quantitative estimate of drug-likeness (QED) is 0.703.